The number of rotatable bonds is 6. The number of Topliss-reactive ketones (excluding diaryl/α,β-unsaturated/α-hetero) is 1. The summed E-state index contributed by atoms with van der Waals surface area (Å²) >= 11 is 0. The molecule has 0 aliphatic carbocycles. The molecule has 33 heavy (non-hydrogen) atoms. The fourth-order valence-corrected chi connectivity index (χ4v) is 3.61. The molecule has 1 fully saturated rings. The van der Waals surface area contributed by atoms with Crippen LogP contribution in [0, 0.1) is 5.92 Å². The average Bonchev–Trinajstić information content (AvgIpc) is 2.77. The van der Waals surface area contributed by atoms with Gasteiger partial charge in [0, 0.05) is 13.1 Å². The maximum Gasteiger partial charge on any atom is 0.410 e. The molecule has 0 N–H and O–H groups in total. The highest BCUT2D eigenvalue weighted by Gasteiger charge is 2.31. The van der Waals surface area contributed by atoms with Crippen LogP contribution in [0.2, 0.25) is 0 Å². The lowest BCUT2D eigenvalue weighted by Gasteiger charge is -2.32. The van der Waals surface area contributed by atoms with Crippen molar-refractivity contribution in [2.75, 3.05) is 13.1 Å². The Morgan fingerprint density at radius 1 is 0.939 bits per heavy atom. The smallest absolute Gasteiger partial charge is 0.410 e. The number of ketones is 1. The van der Waals surface area contributed by atoms with Gasteiger partial charge in [-0.05, 0) is 58.2 Å². The van der Waals surface area contributed by atoms with Gasteiger partial charge in [-0.15, -0.1) is 0 Å². The zero-order valence-electron chi connectivity index (χ0n) is 19.6. The van der Waals surface area contributed by atoms with E-state index in [4.69, 9.17) is 14.2 Å². The molecule has 176 valence electrons. The molecule has 0 radical (unpaired) electrons. The van der Waals surface area contributed by atoms with E-state index >= 15 is 0 Å². The molecule has 7 heteroatoms. The van der Waals surface area contributed by atoms with Gasteiger partial charge in [-0.1, -0.05) is 36.4 Å². The van der Waals surface area contributed by atoms with Crippen LogP contribution < -0.4 is 9.47 Å². The third kappa shape index (κ3) is 6.81. The van der Waals surface area contributed by atoms with Crippen LogP contribution >= 0.6 is 0 Å². The summed E-state index contributed by atoms with van der Waals surface area (Å²) < 4.78 is 16.9. The predicted octanol–water partition coefficient (Wildman–Crippen LogP) is 5.02. The molecule has 7 nitrogen and oxygen atoms in total. The van der Waals surface area contributed by atoms with Crippen molar-refractivity contribution in [2.24, 2.45) is 5.92 Å². The zero-order valence-corrected chi connectivity index (χ0v) is 19.6. The van der Waals surface area contributed by atoms with E-state index < -0.39 is 11.6 Å². The van der Waals surface area contributed by atoms with Gasteiger partial charge in [0.1, 0.15) is 29.3 Å². The lowest BCUT2D eigenvalue weighted by molar-refractivity contribution is -0.140. The average molecular weight is 454 g/mol. The largest absolute Gasteiger partial charge is 0.488 e. The second-order valence-electron chi connectivity index (χ2n) is 9.12. The molecule has 0 unspecified atom stereocenters. The molecule has 0 saturated carbocycles. The van der Waals surface area contributed by atoms with E-state index in [-0.39, 0.29) is 29.1 Å². The van der Waals surface area contributed by atoms with Crippen LogP contribution in [0.15, 0.2) is 48.5 Å². The first-order valence-corrected chi connectivity index (χ1v) is 11.1. The standard InChI is InChI=1S/C26H31NO6/c1-18(28)23-21(31-17-19-9-6-5-7-10-19)11-8-12-22(23)32-24(29)20-13-15-27(16-14-20)25(30)33-26(2,3)4/h5-12,20H,13-17H2,1-4H3. The van der Waals surface area contributed by atoms with Crippen molar-refractivity contribution in [3.63, 3.8) is 0 Å². The Labute approximate surface area is 194 Å². The number of likely N-dealkylation sites (tertiary alicyclic amines) is 1. The van der Waals surface area contributed by atoms with Crippen molar-refractivity contribution < 1.29 is 28.6 Å². The van der Waals surface area contributed by atoms with Gasteiger partial charge < -0.3 is 19.1 Å². The van der Waals surface area contributed by atoms with Crippen LogP contribution in [0.25, 0.3) is 0 Å². The molecule has 0 aromatic heterocycles. The minimum absolute atomic E-state index is 0.188. The summed E-state index contributed by atoms with van der Waals surface area (Å²) in [5.41, 5.74) is 0.642. The number of carbonyl (C=O) groups excluding carboxylic acids is 3. The molecule has 1 amide bonds. The molecule has 2 aromatic carbocycles. The Hall–Kier alpha value is -3.35. The monoisotopic (exact) mass is 453 g/mol. The third-order valence-electron chi connectivity index (χ3n) is 5.27. The van der Waals surface area contributed by atoms with Crippen molar-refractivity contribution in [3.05, 3.63) is 59.7 Å². The summed E-state index contributed by atoms with van der Waals surface area (Å²) in [6, 6.07) is 14.6. The van der Waals surface area contributed by atoms with E-state index in [1.807, 2.05) is 51.1 Å². The molecule has 0 atom stereocenters. The summed E-state index contributed by atoms with van der Waals surface area (Å²) in [6.07, 6.45) is 0.562. The van der Waals surface area contributed by atoms with Gasteiger partial charge in [-0.3, -0.25) is 9.59 Å². The number of benzene rings is 2. The topological polar surface area (TPSA) is 82.1 Å². The van der Waals surface area contributed by atoms with Crippen molar-refractivity contribution >= 4 is 17.8 Å². The van der Waals surface area contributed by atoms with Crippen molar-refractivity contribution in [1.82, 2.24) is 4.90 Å². The number of amides is 1. The minimum atomic E-state index is -0.566. The minimum Gasteiger partial charge on any atom is -0.488 e. The summed E-state index contributed by atoms with van der Waals surface area (Å²) in [6.45, 7) is 7.99. The second kappa shape index (κ2) is 10.5. The maximum atomic E-state index is 12.8. The van der Waals surface area contributed by atoms with E-state index in [9.17, 15) is 14.4 Å². The zero-order chi connectivity index (χ0) is 24.0. The molecular weight excluding hydrogens is 422 g/mol. The van der Waals surface area contributed by atoms with E-state index in [0.717, 1.165) is 5.56 Å². The molecule has 1 heterocycles. The third-order valence-corrected chi connectivity index (χ3v) is 5.27. The highest BCUT2D eigenvalue weighted by molar-refractivity contribution is 6.00. The highest BCUT2D eigenvalue weighted by Crippen LogP contribution is 2.31. The number of hydrogen-bond donors (Lipinski definition) is 0. The van der Waals surface area contributed by atoms with Gasteiger partial charge in [0.25, 0.3) is 0 Å². The number of ether oxygens (including phenoxy) is 3. The van der Waals surface area contributed by atoms with Crippen LogP contribution in [0.1, 0.15) is 56.5 Å². The first-order chi connectivity index (χ1) is 15.6. The summed E-state index contributed by atoms with van der Waals surface area (Å²) in [4.78, 5) is 39.0. The lowest BCUT2D eigenvalue weighted by Crippen LogP contribution is -2.43. The van der Waals surface area contributed by atoms with Crippen LogP contribution in [0.3, 0.4) is 0 Å². The van der Waals surface area contributed by atoms with Crippen molar-refractivity contribution in [2.45, 2.75) is 52.7 Å². The van der Waals surface area contributed by atoms with E-state index in [0.29, 0.717) is 38.3 Å². The van der Waals surface area contributed by atoms with Crippen LogP contribution in [-0.4, -0.2) is 41.4 Å². The Kier molecular flexibility index (Phi) is 7.74. The lowest BCUT2D eigenvalue weighted by atomic mass is 9.97. The fraction of sp³-hybridized carbons (Fsp3) is 0.423. The molecule has 1 aliphatic heterocycles. The SMILES string of the molecule is CC(=O)c1c(OCc2ccccc2)cccc1OC(=O)C1CCN(C(=O)OC(C)(C)C)CC1. The number of carbonyl (C=O) groups is 3. The summed E-state index contributed by atoms with van der Waals surface area (Å²) in [5.74, 6) is -0.468. The molecular formula is C26H31NO6. The van der Waals surface area contributed by atoms with Crippen molar-refractivity contribution in [1.29, 1.82) is 0 Å². The molecule has 3 rings (SSSR count). The van der Waals surface area contributed by atoms with Crippen molar-refractivity contribution in [3.8, 4) is 11.5 Å². The van der Waals surface area contributed by atoms with Gasteiger partial charge in [0.2, 0.25) is 0 Å². The Morgan fingerprint density at radius 2 is 1.58 bits per heavy atom. The van der Waals surface area contributed by atoms with E-state index in [1.165, 1.54) is 6.92 Å². The molecule has 2 aromatic rings. The van der Waals surface area contributed by atoms with Crippen LogP contribution in [-0.2, 0) is 16.1 Å². The molecule has 0 spiro atoms. The van der Waals surface area contributed by atoms with E-state index in [2.05, 4.69) is 0 Å². The first kappa shape index (κ1) is 24.3. The van der Waals surface area contributed by atoms with Gasteiger partial charge in [-0.25, -0.2) is 4.79 Å². The molecule has 0 bridgehead atoms. The number of hydrogen-bond acceptors (Lipinski definition) is 6. The fourth-order valence-electron chi connectivity index (χ4n) is 3.61. The Balaban J connectivity index is 1.64. The second-order valence-corrected chi connectivity index (χ2v) is 9.12. The Morgan fingerprint density at radius 3 is 2.18 bits per heavy atom. The highest BCUT2D eigenvalue weighted by atomic mass is 16.6. The Bertz CT molecular complexity index is 988. The number of esters is 1. The normalized spacial score (nSPS) is 14.5. The summed E-state index contributed by atoms with van der Waals surface area (Å²) in [7, 11) is 0. The van der Waals surface area contributed by atoms with Gasteiger partial charge >= 0.3 is 12.1 Å². The maximum absolute atomic E-state index is 12.8. The molecule has 1 aliphatic rings. The number of nitrogens with zero attached hydrogens (tertiary/aromatic N) is 1. The van der Waals surface area contributed by atoms with E-state index in [1.54, 1.807) is 23.1 Å². The van der Waals surface area contributed by atoms with Crippen LogP contribution in [0.4, 0.5) is 4.79 Å². The summed E-state index contributed by atoms with van der Waals surface area (Å²) in [5, 5.41) is 0. The quantitative estimate of drug-likeness (QED) is 0.347. The van der Waals surface area contributed by atoms with Gasteiger partial charge in [0.05, 0.1) is 5.92 Å². The first-order valence-electron chi connectivity index (χ1n) is 11.1. The molecule has 1 saturated heterocycles. The number of piperidine rings is 1. The predicted molar refractivity (Wildman–Crippen MR) is 123 cm³/mol. The van der Waals surface area contributed by atoms with Gasteiger partial charge in [0.15, 0.2) is 5.78 Å². The van der Waals surface area contributed by atoms with Crippen LogP contribution in [0.5, 0.6) is 11.5 Å². The van der Waals surface area contributed by atoms with Gasteiger partial charge in [-0.2, -0.15) is 0 Å².